The monoisotopic (exact) mass is 334 g/mol. The van der Waals surface area contributed by atoms with E-state index in [4.69, 9.17) is 0 Å². The lowest BCUT2D eigenvalue weighted by atomic mass is 10.1. The van der Waals surface area contributed by atoms with Crippen LogP contribution >= 0.6 is 0 Å². The molecule has 1 N–H and O–H groups in total. The summed E-state index contributed by atoms with van der Waals surface area (Å²) in [7, 11) is 0. The number of aromatic nitrogens is 3. The number of benzene rings is 2. The van der Waals surface area contributed by atoms with Gasteiger partial charge in [0.1, 0.15) is 6.54 Å². The van der Waals surface area contributed by atoms with Gasteiger partial charge < -0.3 is 5.32 Å². The molecule has 126 valence electrons. The molecule has 1 heterocycles. The first-order valence-electron chi connectivity index (χ1n) is 8.04. The molecule has 0 aliphatic heterocycles. The molecule has 0 atom stereocenters. The summed E-state index contributed by atoms with van der Waals surface area (Å²) >= 11 is 0. The minimum atomic E-state index is -0.557. The zero-order valence-corrected chi connectivity index (χ0v) is 13.8. The molecule has 1 aromatic heterocycles. The number of aryl methyl sites for hydroxylation is 1. The lowest BCUT2D eigenvalue weighted by molar-refractivity contribution is -0.117. The van der Waals surface area contributed by atoms with Crippen LogP contribution in [0.15, 0.2) is 65.6 Å². The van der Waals surface area contributed by atoms with Gasteiger partial charge in [0.25, 0.3) is 0 Å². The smallest absolute Gasteiger partial charge is 0.324 e. The highest BCUT2D eigenvalue weighted by Crippen LogP contribution is 2.13. The predicted molar refractivity (Wildman–Crippen MR) is 96.2 cm³/mol. The largest absolute Gasteiger partial charge is 0.365 e. The summed E-state index contributed by atoms with van der Waals surface area (Å²) in [6, 6.07) is 16.9. The first-order valence-corrected chi connectivity index (χ1v) is 8.04. The van der Waals surface area contributed by atoms with E-state index in [-0.39, 0.29) is 12.5 Å². The van der Waals surface area contributed by atoms with Gasteiger partial charge in [0.15, 0.2) is 0 Å². The fourth-order valence-electron chi connectivity index (χ4n) is 2.43. The molecule has 0 fully saturated rings. The van der Waals surface area contributed by atoms with Crippen molar-refractivity contribution in [3.8, 4) is 11.3 Å². The summed E-state index contributed by atoms with van der Waals surface area (Å²) in [6.07, 6.45) is 2.37. The second kappa shape index (κ2) is 7.53. The van der Waals surface area contributed by atoms with Crippen molar-refractivity contribution in [3.63, 3.8) is 0 Å². The van der Waals surface area contributed by atoms with Crippen molar-refractivity contribution in [1.82, 2.24) is 14.8 Å². The normalized spacial score (nSPS) is 10.4. The van der Waals surface area contributed by atoms with Gasteiger partial charge in [-0.25, -0.2) is 9.48 Å². The third kappa shape index (κ3) is 4.17. The van der Waals surface area contributed by atoms with Crippen LogP contribution in [0.25, 0.3) is 11.3 Å². The highest BCUT2D eigenvalue weighted by Gasteiger charge is 2.09. The number of nitrogens with one attached hydrogen (secondary N) is 1. The van der Waals surface area contributed by atoms with E-state index in [1.54, 1.807) is 0 Å². The van der Waals surface area contributed by atoms with Gasteiger partial charge in [0.05, 0.1) is 11.9 Å². The van der Waals surface area contributed by atoms with Crippen molar-refractivity contribution in [3.05, 3.63) is 76.8 Å². The van der Waals surface area contributed by atoms with Crippen LogP contribution in [0.4, 0.5) is 5.69 Å². The average Bonchev–Trinajstić information content (AvgIpc) is 2.64. The van der Waals surface area contributed by atoms with Crippen LogP contribution in [0.5, 0.6) is 0 Å². The molecule has 0 saturated heterocycles. The number of hydrogen-bond donors (Lipinski definition) is 1. The maximum atomic E-state index is 12.2. The van der Waals surface area contributed by atoms with Crippen molar-refractivity contribution in [1.29, 1.82) is 0 Å². The van der Waals surface area contributed by atoms with Crippen molar-refractivity contribution < 1.29 is 4.79 Å². The van der Waals surface area contributed by atoms with Gasteiger partial charge in [0.2, 0.25) is 5.91 Å². The lowest BCUT2D eigenvalue weighted by Gasteiger charge is -2.08. The number of hydrogen-bond acceptors (Lipinski definition) is 4. The highest BCUT2D eigenvalue weighted by atomic mass is 16.2. The molecule has 0 aliphatic carbocycles. The maximum Gasteiger partial charge on any atom is 0.365 e. The van der Waals surface area contributed by atoms with Crippen molar-refractivity contribution in [2.45, 2.75) is 19.9 Å². The number of rotatable bonds is 5. The zero-order chi connectivity index (χ0) is 17.6. The Balaban J connectivity index is 1.72. The third-order valence-corrected chi connectivity index (χ3v) is 3.74. The van der Waals surface area contributed by atoms with Crippen LogP contribution in [0, 0.1) is 0 Å². The molecule has 3 rings (SSSR count). The first kappa shape index (κ1) is 16.6. The Hall–Kier alpha value is -3.28. The van der Waals surface area contributed by atoms with E-state index < -0.39 is 5.69 Å². The molecular formula is C19H18N4O2. The highest BCUT2D eigenvalue weighted by molar-refractivity contribution is 5.90. The Morgan fingerprint density at radius 3 is 2.64 bits per heavy atom. The minimum absolute atomic E-state index is 0.183. The molecule has 2 aromatic carbocycles. The topological polar surface area (TPSA) is 76.9 Å². The standard InChI is InChI=1S/C19H18N4O2/c1-2-14-7-6-10-16(11-14)21-18(24)13-23-19(25)22-17(12-20-23)15-8-4-3-5-9-15/h3-12H,2,13H2,1H3,(H,21,24). The van der Waals surface area contributed by atoms with Crippen LogP contribution in [0.3, 0.4) is 0 Å². The molecule has 0 saturated carbocycles. The van der Waals surface area contributed by atoms with Gasteiger partial charge in [0, 0.05) is 11.3 Å². The van der Waals surface area contributed by atoms with E-state index in [2.05, 4.69) is 15.4 Å². The number of carbonyl (C=O) groups is 1. The molecule has 3 aromatic rings. The Kier molecular flexibility index (Phi) is 4.99. The Morgan fingerprint density at radius 1 is 1.12 bits per heavy atom. The average molecular weight is 334 g/mol. The molecule has 25 heavy (non-hydrogen) atoms. The maximum absolute atomic E-state index is 12.2. The van der Waals surface area contributed by atoms with Gasteiger partial charge in [-0.1, -0.05) is 49.4 Å². The summed E-state index contributed by atoms with van der Waals surface area (Å²) < 4.78 is 1.05. The lowest BCUT2D eigenvalue weighted by Crippen LogP contribution is -2.31. The van der Waals surface area contributed by atoms with E-state index in [1.807, 2.05) is 61.5 Å². The molecule has 6 nitrogen and oxygen atoms in total. The van der Waals surface area contributed by atoms with E-state index in [9.17, 15) is 9.59 Å². The first-order chi connectivity index (χ1) is 12.2. The van der Waals surface area contributed by atoms with Crippen LogP contribution in [0.1, 0.15) is 12.5 Å². The number of carbonyl (C=O) groups excluding carboxylic acids is 1. The summed E-state index contributed by atoms with van der Waals surface area (Å²) in [4.78, 5) is 28.3. The number of anilines is 1. The van der Waals surface area contributed by atoms with Crippen molar-refractivity contribution >= 4 is 11.6 Å². The molecule has 1 amide bonds. The van der Waals surface area contributed by atoms with E-state index >= 15 is 0 Å². The summed E-state index contributed by atoms with van der Waals surface area (Å²) in [5, 5.41) is 6.82. The summed E-state index contributed by atoms with van der Waals surface area (Å²) in [5.41, 5.74) is 2.56. The van der Waals surface area contributed by atoms with Gasteiger partial charge >= 0.3 is 5.69 Å². The van der Waals surface area contributed by atoms with Crippen molar-refractivity contribution in [2.75, 3.05) is 5.32 Å². The fraction of sp³-hybridized carbons (Fsp3) is 0.158. The molecular weight excluding hydrogens is 316 g/mol. The van der Waals surface area contributed by atoms with Crippen LogP contribution in [0.2, 0.25) is 0 Å². The number of amides is 1. The zero-order valence-electron chi connectivity index (χ0n) is 13.8. The molecule has 0 aliphatic rings. The second-order valence-corrected chi connectivity index (χ2v) is 5.55. The van der Waals surface area contributed by atoms with Gasteiger partial charge in [-0.2, -0.15) is 10.1 Å². The Bertz CT molecular complexity index is 935. The second-order valence-electron chi connectivity index (χ2n) is 5.55. The van der Waals surface area contributed by atoms with Crippen molar-refractivity contribution in [2.24, 2.45) is 0 Å². The van der Waals surface area contributed by atoms with Crippen LogP contribution < -0.4 is 11.0 Å². The molecule has 6 heteroatoms. The molecule has 0 radical (unpaired) electrons. The molecule has 0 bridgehead atoms. The van der Waals surface area contributed by atoms with Gasteiger partial charge in [-0.05, 0) is 24.1 Å². The van der Waals surface area contributed by atoms with E-state index in [0.29, 0.717) is 11.4 Å². The van der Waals surface area contributed by atoms with E-state index in [1.165, 1.54) is 6.20 Å². The fourth-order valence-corrected chi connectivity index (χ4v) is 2.43. The predicted octanol–water partition coefficient (Wildman–Crippen LogP) is 2.51. The van der Waals surface area contributed by atoms with E-state index in [0.717, 1.165) is 22.2 Å². The van der Waals surface area contributed by atoms with Crippen LogP contribution in [-0.2, 0) is 17.8 Å². The summed E-state index contributed by atoms with van der Waals surface area (Å²) in [5.74, 6) is -0.322. The van der Waals surface area contributed by atoms with Crippen LogP contribution in [-0.4, -0.2) is 20.7 Å². The third-order valence-electron chi connectivity index (χ3n) is 3.74. The summed E-state index contributed by atoms with van der Waals surface area (Å²) in [6.45, 7) is 1.86. The minimum Gasteiger partial charge on any atom is -0.324 e. The van der Waals surface area contributed by atoms with Gasteiger partial charge in [-0.3, -0.25) is 4.79 Å². The number of nitrogens with zero attached hydrogens (tertiary/aromatic N) is 3. The molecule has 0 spiro atoms. The molecule has 0 unspecified atom stereocenters. The SMILES string of the molecule is CCc1cccc(NC(=O)Cn2ncc(-c3ccccc3)nc2=O)c1. The quantitative estimate of drug-likeness (QED) is 0.778. The van der Waals surface area contributed by atoms with Gasteiger partial charge in [-0.15, -0.1) is 0 Å². The Labute approximate surface area is 145 Å². The Morgan fingerprint density at radius 2 is 1.92 bits per heavy atom.